The molecule has 0 unspecified atom stereocenters. The number of hydrogen-bond donors (Lipinski definition) is 1. The van der Waals surface area contributed by atoms with Crippen LogP contribution in [0.15, 0.2) is 46.2 Å². The summed E-state index contributed by atoms with van der Waals surface area (Å²) in [5.74, 6) is 2.28. The predicted molar refractivity (Wildman–Crippen MR) is 110 cm³/mol. The van der Waals surface area contributed by atoms with Crippen LogP contribution in [-0.4, -0.2) is 33.5 Å². The molecule has 9 heteroatoms. The van der Waals surface area contributed by atoms with Crippen LogP contribution >= 0.6 is 23.4 Å². The van der Waals surface area contributed by atoms with Gasteiger partial charge in [-0.25, -0.2) is 0 Å². The smallest absolute Gasteiger partial charge is 0.234 e. The van der Waals surface area contributed by atoms with Crippen molar-refractivity contribution in [3.63, 3.8) is 0 Å². The Morgan fingerprint density at radius 2 is 2.18 bits per heavy atom. The normalized spacial score (nSPS) is 11.0. The molecule has 2 heterocycles. The maximum Gasteiger partial charge on any atom is 0.234 e. The molecule has 0 aliphatic carbocycles. The van der Waals surface area contributed by atoms with Crippen molar-refractivity contribution in [3.05, 3.63) is 41.6 Å². The molecular weight excluding hydrogens is 400 g/mol. The summed E-state index contributed by atoms with van der Waals surface area (Å²) in [4.78, 5) is 12.3. The molecule has 148 valence electrons. The Bertz CT molecular complexity index is 941. The van der Waals surface area contributed by atoms with Crippen molar-refractivity contribution >= 4 is 35.0 Å². The summed E-state index contributed by atoms with van der Waals surface area (Å²) >= 11 is 7.42. The number of halogens is 1. The molecule has 0 aliphatic rings. The van der Waals surface area contributed by atoms with Crippen LogP contribution in [0.4, 0.5) is 5.69 Å². The molecule has 3 rings (SSSR count). The van der Waals surface area contributed by atoms with Crippen LogP contribution in [0.3, 0.4) is 0 Å². The second kappa shape index (κ2) is 9.16. The molecule has 1 aromatic carbocycles. The first kappa shape index (κ1) is 20.3. The van der Waals surface area contributed by atoms with Gasteiger partial charge < -0.3 is 14.5 Å². The number of hydrogen-bond acceptors (Lipinski definition) is 6. The Hall–Kier alpha value is -2.45. The van der Waals surface area contributed by atoms with Crippen molar-refractivity contribution in [3.8, 4) is 17.3 Å². The third-order valence-corrected chi connectivity index (χ3v) is 5.04. The zero-order valence-corrected chi connectivity index (χ0v) is 17.4. The summed E-state index contributed by atoms with van der Waals surface area (Å²) in [6.07, 6.45) is 1.60. The largest absolute Gasteiger partial charge is 0.495 e. The van der Waals surface area contributed by atoms with Gasteiger partial charge in [-0.2, -0.15) is 0 Å². The van der Waals surface area contributed by atoms with Gasteiger partial charge in [0.15, 0.2) is 16.7 Å². The van der Waals surface area contributed by atoms with Gasteiger partial charge in [-0.1, -0.05) is 37.2 Å². The lowest BCUT2D eigenvalue weighted by Crippen LogP contribution is -2.15. The number of amides is 1. The second-order valence-electron chi connectivity index (χ2n) is 6.47. The molecule has 3 aromatic rings. The summed E-state index contributed by atoms with van der Waals surface area (Å²) in [5.41, 5.74) is 0.608. The predicted octanol–water partition coefficient (Wildman–Crippen LogP) is 4.59. The van der Waals surface area contributed by atoms with Crippen molar-refractivity contribution in [1.82, 2.24) is 14.8 Å². The Kier molecular flexibility index (Phi) is 6.64. The SMILES string of the molecule is COc1ccc(NC(=O)CSc2nnc(-c3ccco3)n2CC(C)C)cc1Cl. The first-order chi connectivity index (χ1) is 13.5. The Morgan fingerprint density at radius 3 is 2.82 bits per heavy atom. The quantitative estimate of drug-likeness (QED) is 0.537. The zero-order chi connectivity index (χ0) is 20.1. The molecule has 0 fully saturated rings. The molecule has 2 aromatic heterocycles. The molecule has 1 amide bonds. The van der Waals surface area contributed by atoms with Crippen molar-refractivity contribution in [2.24, 2.45) is 5.92 Å². The molecule has 0 bridgehead atoms. The number of aromatic nitrogens is 3. The van der Waals surface area contributed by atoms with Gasteiger partial charge in [-0.3, -0.25) is 9.36 Å². The fourth-order valence-electron chi connectivity index (χ4n) is 2.58. The van der Waals surface area contributed by atoms with Gasteiger partial charge in [0.25, 0.3) is 0 Å². The standard InChI is InChI=1S/C19H21ClN4O3S/c1-12(2)10-24-18(16-5-4-8-27-16)22-23-19(24)28-11-17(25)21-13-6-7-15(26-3)14(20)9-13/h4-9,12H,10-11H2,1-3H3,(H,21,25). The van der Waals surface area contributed by atoms with E-state index in [1.54, 1.807) is 31.6 Å². The van der Waals surface area contributed by atoms with Crippen LogP contribution in [0.1, 0.15) is 13.8 Å². The van der Waals surface area contributed by atoms with Gasteiger partial charge >= 0.3 is 0 Å². The highest BCUT2D eigenvalue weighted by molar-refractivity contribution is 7.99. The van der Waals surface area contributed by atoms with Crippen LogP contribution in [0.25, 0.3) is 11.6 Å². The summed E-state index contributed by atoms with van der Waals surface area (Å²) in [7, 11) is 1.54. The molecule has 7 nitrogen and oxygen atoms in total. The number of thioether (sulfide) groups is 1. The summed E-state index contributed by atoms with van der Waals surface area (Å²) < 4.78 is 12.5. The van der Waals surface area contributed by atoms with Crippen LogP contribution in [-0.2, 0) is 11.3 Å². The van der Waals surface area contributed by atoms with Crippen molar-refractivity contribution < 1.29 is 13.9 Å². The topological polar surface area (TPSA) is 82.2 Å². The zero-order valence-electron chi connectivity index (χ0n) is 15.8. The van der Waals surface area contributed by atoms with Gasteiger partial charge in [0.1, 0.15) is 5.75 Å². The maximum atomic E-state index is 12.3. The monoisotopic (exact) mass is 420 g/mol. The lowest BCUT2D eigenvalue weighted by atomic mass is 10.2. The van der Waals surface area contributed by atoms with Crippen LogP contribution in [0, 0.1) is 5.92 Å². The lowest BCUT2D eigenvalue weighted by Gasteiger charge is -2.11. The van der Waals surface area contributed by atoms with E-state index in [9.17, 15) is 4.79 Å². The van der Waals surface area contributed by atoms with Crippen molar-refractivity contribution in [2.45, 2.75) is 25.5 Å². The average Bonchev–Trinajstić information content (AvgIpc) is 3.29. The molecule has 0 atom stereocenters. The maximum absolute atomic E-state index is 12.3. The number of rotatable bonds is 8. The average molecular weight is 421 g/mol. The minimum atomic E-state index is -0.162. The molecule has 0 radical (unpaired) electrons. The van der Waals surface area contributed by atoms with Crippen molar-refractivity contribution in [1.29, 1.82) is 0 Å². The minimum absolute atomic E-state index is 0.162. The third kappa shape index (κ3) is 4.88. The van der Waals surface area contributed by atoms with E-state index in [0.717, 1.165) is 6.54 Å². The van der Waals surface area contributed by atoms with Crippen LogP contribution < -0.4 is 10.1 Å². The van der Waals surface area contributed by atoms with Gasteiger partial charge in [-0.05, 0) is 36.2 Å². The Morgan fingerprint density at radius 1 is 1.36 bits per heavy atom. The molecule has 0 saturated heterocycles. The number of ether oxygens (including phenoxy) is 1. The lowest BCUT2D eigenvalue weighted by molar-refractivity contribution is -0.113. The number of anilines is 1. The Labute approximate surface area is 172 Å². The number of nitrogens with zero attached hydrogens (tertiary/aromatic N) is 3. The highest BCUT2D eigenvalue weighted by atomic mass is 35.5. The molecule has 1 N–H and O–H groups in total. The molecule has 0 spiro atoms. The van der Waals surface area contributed by atoms with E-state index in [2.05, 4.69) is 29.4 Å². The summed E-state index contributed by atoms with van der Waals surface area (Å²) in [6.45, 7) is 4.95. The highest BCUT2D eigenvalue weighted by Crippen LogP contribution is 2.28. The molecular formula is C19H21ClN4O3S. The van der Waals surface area contributed by atoms with E-state index in [0.29, 0.717) is 39.1 Å². The molecule has 0 aliphatic heterocycles. The fourth-order valence-corrected chi connectivity index (χ4v) is 3.59. The van der Waals surface area contributed by atoms with Crippen molar-refractivity contribution in [2.75, 3.05) is 18.2 Å². The Balaban J connectivity index is 1.68. The van der Waals surface area contributed by atoms with Gasteiger partial charge in [0.05, 0.1) is 24.1 Å². The number of methoxy groups -OCH3 is 1. The first-order valence-corrected chi connectivity index (χ1v) is 10.1. The summed E-state index contributed by atoms with van der Waals surface area (Å²) in [6, 6.07) is 8.75. The van der Waals surface area contributed by atoms with E-state index in [1.807, 2.05) is 16.7 Å². The molecule has 0 saturated carbocycles. The number of carbonyl (C=O) groups is 1. The minimum Gasteiger partial charge on any atom is -0.495 e. The number of furan rings is 1. The van der Waals surface area contributed by atoms with E-state index in [4.69, 9.17) is 20.8 Å². The summed E-state index contributed by atoms with van der Waals surface area (Å²) in [5, 5.41) is 12.4. The van der Waals surface area contributed by atoms with Gasteiger partial charge in [-0.15, -0.1) is 10.2 Å². The number of benzene rings is 1. The fraction of sp³-hybridized carbons (Fsp3) is 0.316. The van der Waals surface area contributed by atoms with E-state index in [-0.39, 0.29) is 11.7 Å². The van der Waals surface area contributed by atoms with Crippen LogP contribution in [0.2, 0.25) is 5.02 Å². The van der Waals surface area contributed by atoms with E-state index < -0.39 is 0 Å². The second-order valence-corrected chi connectivity index (χ2v) is 7.82. The number of nitrogens with one attached hydrogen (secondary N) is 1. The third-order valence-electron chi connectivity index (χ3n) is 3.77. The van der Waals surface area contributed by atoms with Gasteiger partial charge in [0, 0.05) is 12.2 Å². The number of carbonyl (C=O) groups excluding carboxylic acids is 1. The van der Waals surface area contributed by atoms with Gasteiger partial charge in [0.2, 0.25) is 5.91 Å². The van der Waals surface area contributed by atoms with Crippen LogP contribution in [0.5, 0.6) is 5.75 Å². The first-order valence-electron chi connectivity index (χ1n) is 8.71. The van der Waals surface area contributed by atoms with E-state index in [1.165, 1.54) is 11.8 Å². The molecule has 28 heavy (non-hydrogen) atoms. The highest BCUT2D eigenvalue weighted by Gasteiger charge is 2.18. The van der Waals surface area contributed by atoms with E-state index >= 15 is 0 Å².